The van der Waals surface area contributed by atoms with Crippen molar-refractivity contribution < 1.29 is 4.79 Å². The number of rotatable bonds is 3. The van der Waals surface area contributed by atoms with Gasteiger partial charge in [0.25, 0.3) is 0 Å². The van der Waals surface area contributed by atoms with Crippen molar-refractivity contribution in [1.82, 2.24) is 9.80 Å². The van der Waals surface area contributed by atoms with Gasteiger partial charge in [0.15, 0.2) is 0 Å². The zero-order valence-electron chi connectivity index (χ0n) is 12.9. The third-order valence-electron chi connectivity index (χ3n) is 5.64. The Morgan fingerprint density at radius 1 is 1.18 bits per heavy atom. The van der Waals surface area contributed by atoms with Crippen molar-refractivity contribution in [2.24, 2.45) is 0 Å². The molecule has 22 heavy (non-hydrogen) atoms. The molecule has 1 aromatic rings. The quantitative estimate of drug-likeness (QED) is 0.824. The average Bonchev–Trinajstić information content (AvgIpc) is 2.95. The monoisotopic (exact) mass is 362 g/mol. The maximum atomic E-state index is 13.1. The summed E-state index contributed by atoms with van der Waals surface area (Å²) in [5.41, 5.74) is 0.973. The van der Waals surface area contributed by atoms with E-state index in [1.165, 1.54) is 31.5 Å². The highest BCUT2D eigenvalue weighted by Gasteiger charge is 2.54. The van der Waals surface area contributed by atoms with Gasteiger partial charge in [0, 0.05) is 23.6 Å². The number of hydrogen-bond acceptors (Lipinski definition) is 2. The van der Waals surface area contributed by atoms with E-state index >= 15 is 0 Å². The van der Waals surface area contributed by atoms with Crippen LogP contribution in [0.4, 0.5) is 0 Å². The molecule has 0 N–H and O–H groups in total. The molecule has 4 heteroatoms. The number of halogens is 1. The van der Waals surface area contributed by atoms with E-state index in [-0.39, 0.29) is 5.41 Å². The fraction of sp³-hybridized carbons (Fsp3) is 0.611. The molecule has 118 valence electrons. The number of carbonyl (C=O) groups excluding carboxylic acids is 1. The number of amides is 1. The maximum Gasteiger partial charge on any atom is 0.233 e. The standard InChI is InChI=1S/C18H23BrN2O/c19-15-5-3-4-14(12-15)18(7-8-18)17(22)21-11-6-16(13-21)20-9-1-2-10-20/h3-5,12,16H,1-2,6-11,13H2. The van der Waals surface area contributed by atoms with Gasteiger partial charge in [0.1, 0.15) is 0 Å². The van der Waals surface area contributed by atoms with Crippen LogP contribution in [0.3, 0.4) is 0 Å². The van der Waals surface area contributed by atoms with Gasteiger partial charge in [0.05, 0.1) is 5.41 Å². The first kappa shape index (κ1) is 14.7. The molecule has 0 aromatic heterocycles. The SMILES string of the molecule is O=C(N1CCC(N2CCCC2)C1)C1(c2cccc(Br)c2)CC1. The van der Waals surface area contributed by atoms with Crippen LogP contribution in [0.1, 0.15) is 37.7 Å². The lowest BCUT2D eigenvalue weighted by Gasteiger charge is -2.26. The Balaban J connectivity index is 1.48. The zero-order valence-corrected chi connectivity index (χ0v) is 14.5. The Hall–Kier alpha value is -0.870. The molecule has 3 fully saturated rings. The number of likely N-dealkylation sites (tertiary alicyclic amines) is 2. The summed E-state index contributed by atoms with van der Waals surface area (Å²) in [7, 11) is 0. The Bertz CT molecular complexity index is 578. The zero-order chi connectivity index (χ0) is 15.2. The van der Waals surface area contributed by atoms with Gasteiger partial charge in [-0.05, 0) is 62.9 Å². The second kappa shape index (κ2) is 5.64. The third-order valence-corrected chi connectivity index (χ3v) is 6.14. The smallest absolute Gasteiger partial charge is 0.233 e. The molecule has 2 aliphatic heterocycles. The van der Waals surface area contributed by atoms with Gasteiger partial charge in [-0.25, -0.2) is 0 Å². The molecule has 1 saturated carbocycles. The van der Waals surface area contributed by atoms with E-state index in [1.54, 1.807) is 0 Å². The second-order valence-corrected chi connectivity index (χ2v) is 7.94. The molecule has 2 heterocycles. The van der Waals surface area contributed by atoms with Crippen molar-refractivity contribution in [2.75, 3.05) is 26.2 Å². The predicted octanol–water partition coefficient (Wildman–Crippen LogP) is 3.18. The highest BCUT2D eigenvalue weighted by atomic mass is 79.9. The lowest BCUT2D eigenvalue weighted by Crippen LogP contribution is -2.41. The molecular weight excluding hydrogens is 340 g/mol. The molecule has 4 rings (SSSR count). The average molecular weight is 363 g/mol. The van der Waals surface area contributed by atoms with Crippen LogP contribution in [0.5, 0.6) is 0 Å². The molecule has 1 aromatic carbocycles. The van der Waals surface area contributed by atoms with Crippen molar-refractivity contribution in [3.05, 3.63) is 34.3 Å². The molecule has 1 atom stereocenters. The minimum Gasteiger partial charge on any atom is -0.340 e. The van der Waals surface area contributed by atoms with Crippen molar-refractivity contribution in [3.8, 4) is 0 Å². The number of carbonyl (C=O) groups is 1. The molecule has 0 bridgehead atoms. The first-order valence-electron chi connectivity index (χ1n) is 8.48. The minimum absolute atomic E-state index is 0.219. The first-order valence-corrected chi connectivity index (χ1v) is 9.28. The van der Waals surface area contributed by atoms with E-state index in [0.717, 1.165) is 36.8 Å². The van der Waals surface area contributed by atoms with Crippen molar-refractivity contribution in [1.29, 1.82) is 0 Å². The van der Waals surface area contributed by atoms with E-state index in [2.05, 4.69) is 37.9 Å². The third kappa shape index (κ3) is 2.50. The highest BCUT2D eigenvalue weighted by Crippen LogP contribution is 2.50. The van der Waals surface area contributed by atoms with Gasteiger partial charge in [-0.15, -0.1) is 0 Å². The Kier molecular flexibility index (Phi) is 3.77. The Morgan fingerprint density at radius 2 is 1.95 bits per heavy atom. The summed E-state index contributed by atoms with van der Waals surface area (Å²) in [4.78, 5) is 17.8. The van der Waals surface area contributed by atoms with Crippen LogP contribution in [-0.2, 0) is 10.2 Å². The first-order chi connectivity index (χ1) is 10.7. The predicted molar refractivity (Wildman–Crippen MR) is 90.8 cm³/mol. The van der Waals surface area contributed by atoms with E-state index in [4.69, 9.17) is 0 Å². The summed E-state index contributed by atoms with van der Waals surface area (Å²) in [6.45, 7) is 4.33. The molecule has 3 nitrogen and oxygen atoms in total. The van der Waals surface area contributed by atoms with Crippen molar-refractivity contribution >= 4 is 21.8 Å². The van der Waals surface area contributed by atoms with Crippen molar-refractivity contribution in [2.45, 2.75) is 43.6 Å². The molecule has 3 aliphatic rings. The maximum absolute atomic E-state index is 13.1. The summed E-state index contributed by atoms with van der Waals surface area (Å²) in [6.07, 6.45) is 5.82. The number of nitrogens with zero attached hydrogens (tertiary/aromatic N) is 2. The fourth-order valence-corrected chi connectivity index (χ4v) is 4.57. The summed E-state index contributed by atoms with van der Waals surface area (Å²) in [6, 6.07) is 8.92. The van der Waals surface area contributed by atoms with E-state index in [9.17, 15) is 4.79 Å². The van der Waals surface area contributed by atoms with Crippen LogP contribution >= 0.6 is 15.9 Å². The minimum atomic E-state index is -0.219. The van der Waals surface area contributed by atoms with Crippen molar-refractivity contribution in [3.63, 3.8) is 0 Å². The fourth-order valence-electron chi connectivity index (χ4n) is 4.17. The van der Waals surface area contributed by atoms with Crippen LogP contribution in [-0.4, -0.2) is 47.9 Å². The Morgan fingerprint density at radius 3 is 2.64 bits per heavy atom. The summed E-state index contributed by atoms with van der Waals surface area (Å²) in [5, 5.41) is 0. The molecule has 1 aliphatic carbocycles. The van der Waals surface area contributed by atoms with Crippen LogP contribution in [0.2, 0.25) is 0 Å². The number of benzene rings is 1. The molecule has 1 amide bonds. The molecule has 2 saturated heterocycles. The summed E-state index contributed by atoms with van der Waals surface area (Å²) < 4.78 is 1.07. The van der Waals surface area contributed by atoms with Crippen LogP contribution in [0.25, 0.3) is 0 Å². The van der Waals surface area contributed by atoms with E-state index < -0.39 is 0 Å². The van der Waals surface area contributed by atoms with Gasteiger partial charge in [0.2, 0.25) is 5.91 Å². The van der Waals surface area contributed by atoms with E-state index in [0.29, 0.717) is 11.9 Å². The summed E-state index contributed by atoms with van der Waals surface area (Å²) in [5.74, 6) is 0.368. The Labute approximate surface area is 140 Å². The normalized spacial score (nSPS) is 27.3. The van der Waals surface area contributed by atoms with Gasteiger partial charge in [-0.2, -0.15) is 0 Å². The molecular formula is C18H23BrN2O. The lowest BCUT2D eigenvalue weighted by atomic mass is 9.94. The second-order valence-electron chi connectivity index (χ2n) is 7.03. The summed E-state index contributed by atoms with van der Waals surface area (Å²) >= 11 is 3.54. The molecule has 0 spiro atoms. The van der Waals surface area contributed by atoms with Gasteiger partial charge in [-0.1, -0.05) is 28.1 Å². The van der Waals surface area contributed by atoms with Crippen LogP contribution in [0.15, 0.2) is 28.7 Å². The van der Waals surface area contributed by atoms with Crippen LogP contribution in [0, 0.1) is 0 Å². The van der Waals surface area contributed by atoms with Gasteiger partial charge >= 0.3 is 0 Å². The van der Waals surface area contributed by atoms with Gasteiger partial charge < -0.3 is 4.90 Å². The van der Waals surface area contributed by atoms with Gasteiger partial charge in [-0.3, -0.25) is 9.69 Å². The van der Waals surface area contributed by atoms with E-state index in [1.807, 2.05) is 12.1 Å². The molecule has 0 radical (unpaired) electrons. The molecule has 1 unspecified atom stereocenters. The van der Waals surface area contributed by atoms with Crippen LogP contribution < -0.4 is 0 Å². The number of hydrogen-bond donors (Lipinski definition) is 0. The highest BCUT2D eigenvalue weighted by molar-refractivity contribution is 9.10. The largest absolute Gasteiger partial charge is 0.340 e. The lowest BCUT2D eigenvalue weighted by molar-refractivity contribution is -0.133. The topological polar surface area (TPSA) is 23.6 Å².